The molecule has 1 aliphatic heterocycles. The monoisotopic (exact) mass is 298 g/mol. The van der Waals surface area contributed by atoms with Crippen molar-refractivity contribution in [3.05, 3.63) is 0 Å². The molecule has 1 fully saturated rings. The second-order valence-corrected chi connectivity index (χ2v) is 4.50. The molecule has 5 nitrogen and oxygen atoms in total. The Hall–Kier alpha value is -1.67. The Kier molecular flexibility index (Phi) is 4.40. The molecule has 0 aromatic heterocycles. The van der Waals surface area contributed by atoms with Gasteiger partial charge >= 0.3 is 18.4 Å². The number of urea groups is 1. The molecule has 4 amide bonds. The minimum absolute atomic E-state index is 0.0133. The molecule has 0 aromatic carbocycles. The van der Waals surface area contributed by atoms with Crippen molar-refractivity contribution in [2.75, 3.05) is 6.54 Å². The fourth-order valence-corrected chi connectivity index (χ4v) is 2.03. The van der Waals surface area contributed by atoms with E-state index in [1.54, 1.807) is 5.32 Å². The molecule has 9 heteroatoms. The summed E-state index contributed by atoms with van der Waals surface area (Å²) in [5.41, 5.74) is -1.67. The van der Waals surface area contributed by atoms with Gasteiger partial charge in [0, 0.05) is 0 Å². The summed E-state index contributed by atoms with van der Waals surface area (Å²) in [6.45, 7) is 1.19. The summed E-state index contributed by atoms with van der Waals surface area (Å²) in [6.07, 6.45) is -4.07. The number of hydrogen-bond donors (Lipinski definition) is 1. The summed E-state index contributed by atoms with van der Waals surface area (Å²) >= 11 is 0. The van der Waals surface area contributed by atoms with E-state index in [2.05, 4.69) is 0 Å². The van der Waals surface area contributed by atoms with Gasteiger partial charge in [-0.3, -0.25) is 19.8 Å². The van der Waals surface area contributed by atoms with Crippen molar-refractivity contribution < 1.29 is 31.9 Å². The van der Waals surface area contributed by atoms with Crippen LogP contribution in [-0.4, -0.2) is 41.6 Å². The Morgan fingerprint density at radius 3 is 2.10 bits per heavy atom. The van der Waals surface area contributed by atoms with E-state index in [-0.39, 0.29) is 17.7 Å². The number of carbonyl (C=O) groups excluding carboxylic acids is 3. The van der Waals surface area contributed by atoms with Gasteiger partial charge in [-0.15, -0.1) is 0 Å². The van der Waals surface area contributed by atoms with Crippen molar-refractivity contribution in [2.24, 2.45) is 5.41 Å². The average Bonchev–Trinajstić information content (AvgIpc) is 2.36. The molecule has 1 aliphatic rings. The van der Waals surface area contributed by atoms with Gasteiger partial charge in [0.2, 0.25) is 11.8 Å². The maximum Gasteiger partial charge on any atom is 0.330 e. The quantitative estimate of drug-likeness (QED) is 0.621. The number of amides is 4. The molecule has 0 radical (unpaired) electrons. The molecular weight excluding hydrogens is 284 g/mol. The lowest BCUT2D eigenvalue weighted by atomic mass is 9.78. The third kappa shape index (κ3) is 2.48. The van der Waals surface area contributed by atoms with E-state index in [9.17, 15) is 31.9 Å². The summed E-state index contributed by atoms with van der Waals surface area (Å²) in [6, 6.07) is -1.40. The third-order valence-corrected chi connectivity index (χ3v) is 3.45. The zero-order chi connectivity index (χ0) is 15.7. The maximum atomic E-state index is 13.0. The van der Waals surface area contributed by atoms with Gasteiger partial charge in [-0.1, -0.05) is 13.8 Å². The second-order valence-electron chi connectivity index (χ2n) is 4.50. The topological polar surface area (TPSA) is 66.5 Å². The zero-order valence-electron chi connectivity index (χ0n) is 10.9. The molecule has 0 saturated carbocycles. The van der Waals surface area contributed by atoms with Crippen LogP contribution >= 0.6 is 0 Å². The number of rotatable bonds is 5. The minimum atomic E-state index is -4.53. The van der Waals surface area contributed by atoms with E-state index >= 15 is 0 Å². The average molecular weight is 298 g/mol. The van der Waals surface area contributed by atoms with Gasteiger partial charge in [0.05, 0.1) is 0 Å². The largest absolute Gasteiger partial charge is 0.330 e. The molecule has 0 spiro atoms. The van der Waals surface area contributed by atoms with E-state index in [0.717, 1.165) is 0 Å². The lowest BCUT2D eigenvalue weighted by Gasteiger charge is -2.39. The predicted octanol–water partition coefficient (Wildman–Crippen LogP) is 1.77. The number of barbiturate groups is 1. The van der Waals surface area contributed by atoms with E-state index < -0.39 is 42.2 Å². The van der Waals surface area contributed by atoms with Crippen molar-refractivity contribution in [1.82, 2.24) is 10.2 Å². The van der Waals surface area contributed by atoms with E-state index in [0.29, 0.717) is 0 Å². The van der Waals surface area contributed by atoms with Crippen LogP contribution in [0.25, 0.3) is 0 Å². The highest BCUT2D eigenvalue weighted by molar-refractivity contribution is 6.19. The third-order valence-electron chi connectivity index (χ3n) is 3.45. The van der Waals surface area contributed by atoms with E-state index in [4.69, 9.17) is 0 Å². The number of hydrogen-bond acceptors (Lipinski definition) is 3. The van der Waals surface area contributed by atoms with Gasteiger partial charge in [0.15, 0.2) is 0 Å². The number of alkyl halides is 4. The number of nitrogens with one attached hydrogen (secondary N) is 1. The van der Waals surface area contributed by atoms with Crippen molar-refractivity contribution in [3.63, 3.8) is 0 Å². The van der Waals surface area contributed by atoms with Gasteiger partial charge in [-0.25, -0.2) is 13.6 Å². The molecule has 20 heavy (non-hydrogen) atoms. The molecule has 0 atom stereocenters. The standard InChI is InChI=1S/C11H14F4N2O3/c1-3-10(4-2)7(18)16-9(20)17(8(10)19)5-11(14,15)6(12)13/h6H,3-5H2,1-2H3,(H,16,18,20). The first-order valence-corrected chi connectivity index (χ1v) is 5.95. The molecule has 0 aliphatic carbocycles. The van der Waals surface area contributed by atoms with Crippen LogP contribution in [0.3, 0.4) is 0 Å². The summed E-state index contributed by atoms with van der Waals surface area (Å²) in [7, 11) is 0. The first-order chi connectivity index (χ1) is 9.12. The Balaban J connectivity index is 3.11. The maximum absolute atomic E-state index is 13.0. The molecular formula is C11H14F4N2O3. The Bertz CT molecular complexity index is 435. The smallest absolute Gasteiger partial charge is 0.277 e. The van der Waals surface area contributed by atoms with E-state index in [1.807, 2.05) is 0 Å². The first-order valence-electron chi connectivity index (χ1n) is 5.95. The van der Waals surface area contributed by atoms with Crippen molar-refractivity contribution in [3.8, 4) is 0 Å². The summed E-state index contributed by atoms with van der Waals surface area (Å²) < 4.78 is 50.4. The van der Waals surface area contributed by atoms with Crippen LogP contribution in [0.2, 0.25) is 0 Å². The molecule has 1 rings (SSSR count). The summed E-state index contributed by atoms with van der Waals surface area (Å²) in [5, 5.41) is 1.76. The van der Waals surface area contributed by atoms with Crippen LogP contribution in [0.1, 0.15) is 26.7 Å². The fourth-order valence-electron chi connectivity index (χ4n) is 2.03. The highest BCUT2D eigenvalue weighted by atomic mass is 19.3. The van der Waals surface area contributed by atoms with Gasteiger partial charge in [0.1, 0.15) is 12.0 Å². The van der Waals surface area contributed by atoms with Crippen molar-refractivity contribution >= 4 is 17.8 Å². The van der Waals surface area contributed by atoms with Crippen LogP contribution in [0, 0.1) is 5.41 Å². The van der Waals surface area contributed by atoms with Crippen molar-refractivity contribution in [2.45, 2.75) is 39.0 Å². The summed E-state index contributed by atoms with van der Waals surface area (Å²) in [4.78, 5) is 35.2. The predicted molar refractivity (Wildman–Crippen MR) is 59.2 cm³/mol. The number of halogens is 4. The molecule has 1 N–H and O–H groups in total. The Morgan fingerprint density at radius 1 is 1.20 bits per heavy atom. The van der Waals surface area contributed by atoms with Gasteiger partial charge in [-0.2, -0.15) is 8.78 Å². The number of carbonyl (C=O) groups is 3. The second kappa shape index (κ2) is 5.37. The normalized spacial score (nSPS) is 19.6. The van der Waals surface area contributed by atoms with Crippen LogP contribution in [0.4, 0.5) is 22.4 Å². The van der Waals surface area contributed by atoms with Gasteiger partial charge in [-0.05, 0) is 12.8 Å². The molecule has 0 unspecified atom stereocenters. The highest BCUT2D eigenvalue weighted by Gasteiger charge is 2.55. The van der Waals surface area contributed by atoms with E-state index in [1.165, 1.54) is 13.8 Å². The molecule has 0 bridgehead atoms. The molecule has 0 aromatic rings. The Labute approximate surface area is 112 Å². The zero-order valence-corrected chi connectivity index (χ0v) is 10.9. The minimum Gasteiger partial charge on any atom is -0.277 e. The number of imide groups is 2. The van der Waals surface area contributed by atoms with Crippen LogP contribution in [0.5, 0.6) is 0 Å². The summed E-state index contributed by atoms with van der Waals surface area (Å²) in [5.74, 6) is -6.59. The molecule has 1 saturated heterocycles. The molecule has 114 valence electrons. The van der Waals surface area contributed by atoms with Crippen LogP contribution < -0.4 is 5.32 Å². The van der Waals surface area contributed by atoms with Gasteiger partial charge in [0.25, 0.3) is 0 Å². The SMILES string of the molecule is CCC1(CC)C(=O)NC(=O)N(CC(F)(F)C(F)F)C1=O. The first kappa shape index (κ1) is 16.4. The fraction of sp³-hybridized carbons (Fsp3) is 0.727. The lowest BCUT2D eigenvalue weighted by molar-refractivity contribution is -0.165. The Morgan fingerprint density at radius 2 is 1.70 bits per heavy atom. The lowest BCUT2D eigenvalue weighted by Crippen LogP contribution is -2.65. The number of nitrogens with zero attached hydrogens (tertiary/aromatic N) is 1. The highest BCUT2D eigenvalue weighted by Crippen LogP contribution is 2.34. The van der Waals surface area contributed by atoms with Crippen molar-refractivity contribution in [1.29, 1.82) is 0 Å². The van der Waals surface area contributed by atoms with Crippen LogP contribution in [-0.2, 0) is 9.59 Å². The molecule has 1 heterocycles. The van der Waals surface area contributed by atoms with Gasteiger partial charge < -0.3 is 0 Å². The van der Waals surface area contributed by atoms with Crippen LogP contribution in [0.15, 0.2) is 0 Å².